The summed E-state index contributed by atoms with van der Waals surface area (Å²) in [5, 5.41) is 22.2. The number of carboxylic acid groups (broad SMARTS) is 2. The van der Waals surface area contributed by atoms with E-state index in [-0.39, 0.29) is 5.56 Å². The molecule has 0 heterocycles. The lowest BCUT2D eigenvalue weighted by Crippen LogP contribution is -2.42. The van der Waals surface area contributed by atoms with E-state index >= 15 is 0 Å². The fourth-order valence-electron chi connectivity index (χ4n) is 2.34. The van der Waals surface area contributed by atoms with Crippen molar-refractivity contribution >= 4 is 29.8 Å². The van der Waals surface area contributed by atoms with Crippen molar-refractivity contribution in [2.24, 2.45) is 0 Å². The Kier molecular flexibility index (Phi) is 7.04. The number of benzene rings is 2. The van der Waals surface area contributed by atoms with Crippen LogP contribution in [0.1, 0.15) is 27.5 Å². The predicted octanol–water partition coefficient (Wildman–Crippen LogP) is 1.46. The lowest BCUT2D eigenvalue weighted by atomic mass is 10.0. The van der Waals surface area contributed by atoms with Gasteiger partial charge in [0.25, 0.3) is 5.91 Å². The monoisotopic (exact) mass is 382 g/mol. The van der Waals surface area contributed by atoms with Crippen LogP contribution >= 0.6 is 0 Å². The molecule has 0 saturated carbocycles. The first-order valence-electron chi connectivity index (χ1n) is 8.23. The third-order valence-corrected chi connectivity index (χ3v) is 3.68. The lowest BCUT2D eigenvalue weighted by Gasteiger charge is -2.18. The van der Waals surface area contributed by atoms with Gasteiger partial charge in [0.1, 0.15) is 12.6 Å². The van der Waals surface area contributed by atoms with Crippen LogP contribution in [0.5, 0.6) is 0 Å². The van der Waals surface area contributed by atoms with Crippen molar-refractivity contribution in [3.05, 3.63) is 77.4 Å². The topological polar surface area (TPSA) is 133 Å². The standard InChI is InChI=1S/C20H18N2O6/c23-16(24)11-8-13-6-9-15(10-7-13)19(27)22-18(14-4-2-1-3-5-14)20(28)21-12-17(25)26/h1-11,18H,12H2,(H,21,28)(H,22,27)(H,23,24)(H,25,26)/b11-8+. The van der Waals surface area contributed by atoms with Gasteiger partial charge in [-0.3, -0.25) is 14.4 Å². The first-order chi connectivity index (χ1) is 13.4. The minimum atomic E-state index is -1.20. The summed E-state index contributed by atoms with van der Waals surface area (Å²) in [7, 11) is 0. The number of amides is 2. The number of nitrogens with one attached hydrogen (secondary N) is 2. The van der Waals surface area contributed by atoms with Gasteiger partial charge >= 0.3 is 11.9 Å². The van der Waals surface area contributed by atoms with Crippen molar-refractivity contribution in [3.63, 3.8) is 0 Å². The third kappa shape index (κ3) is 6.10. The number of hydrogen-bond acceptors (Lipinski definition) is 4. The Morgan fingerprint density at radius 3 is 2.14 bits per heavy atom. The SMILES string of the molecule is O=C(O)/C=C/c1ccc(C(=O)NC(C(=O)NCC(=O)O)c2ccccc2)cc1. The molecule has 8 nitrogen and oxygen atoms in total. The minimum Gasteiger partial charge on any atom is -0.480 e. The van der Waals surface area contributed by atoms with Gasteiger partial charge in [-0.25, -0.2) is 4.79 Å². The molecule has 8 heteroatoms. The fourth-order valence-corrected chi connectivity index (χ4v) is 2.34. The molecule has 0 aromatic heterocycles. The maximum Gasteiger partial charge on any atom is 0.328 e. The van der Waals surface area contributed by atoms with Crippen LogP contribution in [-0.2, 0) is 14.4 Å². The van der Waals surface area contributed by atoms with E-state index in [0.717, 1.165) is 6.08 Å². The molecule has 1 unspecified atom stereocenters. The minimum absolute atomic E-state index is 0.263. The summed E-state index contributed by atoms with van der Waals surface area (Å²) in [6.45, 7) is -0.567. The Morgan fingerprint density at radius 1 is 0.929 bits per heavy atom. The number of rotatable bonds is 8. The highest BCUT2D eigenvalue weighted by molar-refractivity contribution is 5.98. The van der Waals surface area contributed by atoms with E-state index < -0.39 is 36.3 Å². The highest BCUT2D eigenvalue weighted by Gasteiger charge is 2.23. The van der Waals surface area contributed by atoms with Gasteiger partial charge in [0.15, 0.2) is 0 Å². The normalized spacial score (nSPS) is 11.6. The Hall–Kier alpha value is -3.94. The Balaban J connectivity index is 2.16. The Labute approximate surface area is 160 Å². The lowest BCUT2D eigenvalue weighted by molar-refractivity contribution is -0.138. The average molecular weight is 382 g/mol. The van der Waals surface area contributed by atoms with Gasteiger partial charge in [-0.2, -0.15) is 0 Å². The summed E-state index contributed by atoms with van der Waals surface area (Å²) in [5.74, 6) is -3.47. The summed E-state index contributed by atoms with van der Waals surface area (Å²) in [6, 6.07) is 13.5. The number of aliphatic carboxylic acids is 2. The van der Waals surface area contributed by atoms with Crippen molar-refractivity contribution in [2.75, 3.05) is 6.54 Å². The van der Waals surface area contributed by atoms with Gasteiger partial charge in [0.2, 0.25) is 5.91 Å². The third-order valence-electron chi connectivity index (χ3n) is 3.68. The first kappa shape index (κ1) is 20.4. The number of carboxylic acids is 2. The van der Waals surface area contributed by atoms with E-state index in [0.29, 0.717) is 11.1 Å². The molecule has 2 amide bonds. The molecule has 0 saturated heterocycles. The van der Waals surface area contributed by atoms with Crippen LogP contribution in [0.3, 0.4) is 0 Å². The maximum absolute atomic E-state index is 12.5. The number of hydrogen-bond donors (Lipinski definition) is 4. The van der Waals surface area contributed by atoms with Crippen molar-refractivity contribution in [1.29, 1.82) is 0 Å². The summed E-state index contributed by atoms with van der Waals surface area (Å²) in [6.07, 6.45) is 2.36. The van der Waals surface area contributed by atoms with Crippen molar-refractivity contribution < 1.29 is 29.4 Å². The molecule has 28 heavy (non-hydrogen) atoms. The van der Waals surface area contributed by atoms with Crippen LogP contribution < -0.4 is 10.6 Å². The molecule has 2 aromatic carbocycles. The van der Waals surface area contributed by atoms with Crippen molar-refractivity contribution in [3.8, 4) is 0 Å². The molecule has 144 valence electrons. The maximum atomic E-state index is 12.5. The van der Waals surface area contributed by atoms with Gasteiger partial charge in [0, 0.05) is 11.6 Å². The van der Waals surface area contributed by atoms with E-state index in [9.17, 15) is 19.2 Å². The second-order valence-corrected chi connectivity index (χ2v) is 5.72. The molecule has 0 spiro atoms. The molecule has 0 aliphatic carbocycles. The van der Waals surface area contributed by atoms with E-state index in [2.05, 4.69) is 10.6 Å². The molecule has 0 aliphatic rings. The quantitative estimate of drug-likeness (QED) is 0.511. The van der Waals surface area contributed by atoms with E-state index in [1.807, 2.05) is 0 Å². The summed E-state index contributed by atoms with van der Waals surface area (Å²) >= 11 is 0. The molecule has 0 fully saturated rings. The molecule has 2 rings (SSSR count). The van der Waals surface area contributed by atoms with Crippen LogP contribution in [0.25, 0.3) is 6.08 Å². The molecular formula is C20H18N2O6. The Morgan fingerprint density at radius 2 is 1.57 bits per heavy atom. The van der Waals surface area contributed by atoms with Crippen LogP contribution in [0, 0.1) is 0 Å². The van der Waals surface area contributed by atoms with Crippen LogP contribution in [-0.4, -0.2) is 40.5 Å². The highest BCUT2D eigenvalue weighted by Crippen LogP contribution is 2.14. The van der Waals surface area contributed by atoms with Gasteiger partial charge in [0.05, 0.1) is 0 Å². The van der Waals surface area contributed by atoms with Crippen molar-refractivity contribution in [2.45, 2.75) is 6.04 Å². The van der Waals surface area contributed by atoms with E-state index in [1.54, 1.807) is 42.5 Å². The van der Waals surface area contributed by atoms with Gasteiger partial charge in [-0.05, 0) is 29.3 Å². The molecule has 0 bridgehead atoms. The second-order valence-electron chi connectivity index (χ2n) is 5.72. The number of carbonyl (C=O) groups is 4. The fraction of sp³-hybridized carbons (Fsp3) is 0.100. The molecular weight excluding hydrogens is 364 g/mol. The zero-order chi connectivity index (χ0) is 20.5. The number of carbonyl (C=O) groups excluding carboxylic acids is 2. The second kappa shape index (κ2) is 9.67. The van der Waals surface area contributed by atoms with Crippen LogP contribution in [0.4, 0.5) is 0 Å². The summed E-state index contributed by atoms with van der Waals surface area (Å²) in [5.41, 5.74) is 1.36. The highest BCUT2D eigenvalue weighted by atomic mass is 16.4. The largest absolute Gasteiger partial charge is 0.480 e. The average Bonchev–Trinajstić information content (AvgIpc) is 2.69. The van der Waals surface area contributed by atoms with E-state index in [4.69, 9.17) is 10.2 Å². The van der Waals surface area contributed by atoms with Crippen molar-refractivity contribution in [1.82, 2.24) is 10.6 Å². The zero-order valence-corrected chi connectivity index (χ0v) is 14.7. The molecule has 0 radical (unpaired) electrons. The molecule has 1 atom stereocenters. The molecule has 0 aliphatic heterocycles. The predicted molar refractivity (Wildman–Crippen MR) is 100 cm³/mol. The molecule has 2 aromatic rings. The summed E-state index contributed by atoms with van der Waals surface area (Å²) in [4.78, 5) is 46.1. The molecule has 4 N–H and O–H groups in total. The van der Waals surface area contributed by atoms with Gasteiger partial charge < -0.3 is 20.8 Å². The first-order valence-corrected chi connectivity index (χ1v) is 8.23. The van der Waals surface area contributed by atoms with Gasteiger partial charge in [-0.15, -0.1) is 0 Å². The van der Waals surface area contributed by atoms with E-state index in [1.165, 1.54) is 18.2 Å². The summed E-state index contributed by atoms with van der Waals surface area (Å²) < 4.78 is 0. The van der Waals surface area contributed by atoms with Gasteiger partial charge in [-0.1, -0.05) is 42.5 Å². The Bertz CT molecular complexity index is 891. The van der Waals surface area contributed by atoms with Crippen LogP contribution in [0.15, 0.2) is 60.7 Å². The van der Waals surface area contributed by atoms with Crippen LogP contribution in [0.2, 0.25) is 0 Å². The zero-order valence-electron chi connectivity index (χ0n) is 14.7. The smallest absolute Gasteiger partial charge is 0.328 e.